The molecule has 1 aliphatic rings. The molecule has 0 aromatic heterocycles. The van der Waals surface area contributed by atoms with Crippen LogP contribution in [0.25, 0.3) is 0 Å². The fourth-order valence-electron chi connectivity index (χ4n) is 3.95. The molecule has 0 amide bonds. The van der Waals surface area contributed by atoms with Crippen molar-refractivity contribution < 1.29 is 10.2 Å². The lowest BCUT2D eigenvalue weighted by Gasteiger charge is -2.31. The molecular weight excluding hydrogens is 296 g/mol. The van der Waals surface area contributed by atoms with Crippen LogP contribution in [0.15, 0.2) is 48.5 Å². The molecule has 0 saturated heterocycles. The largest absolute Gasteiger partial charge is 0.393 e. The number of aliphatic hydroxyl groups excluding tert-OH is 2. The van der Waals surface area contributed by atoms with Gasteiger partial charge in [-0.05, 0) is 66.7 Å². The van der Waals surface area contributed by atoms with Crippen molar-refractivity contribution in [2.75, 3.05) is 0 Å². The zero-order valence-electron chi connectivity index (χ0n) is 14.7. The van der Waals surface area contributed by atoms with Gasteiger partial charge in [-0.3, -0.25) is 0 Å². The summed E-state index contributed by atoms with van der Waals surface area (Å²) >= 11 is 0. The van der Waals surface area contributed by atoms with Crippen LogP contribution < -0.4 is 0 Å². The molecule has 128 valence electrons. The number of rotatable bonds is 4. The minimum Gasteiger partial charge on any atom is -0.393 e. The van der Waals surface area contributed by atoms with Crippen molar-refractivity contribution in [3.05, 3.63) is 70.8 Å². The van der Waals surface area contributed by atoms with Gasteiger partial charge < -0.3 is 10.2 Å². The second kappa shape index (κ2) is 7.50. The van der Waals surface area contributed by atoms with Crippen LogP contribution in [0.1, 0.15) is 67.4 Å². The minimum atomic E-state index is -0.415. The molecule has 3 rings (SSSR count). The van der Waals surface area contributed by atoms with Crippen molar-refractivity contribution in [2.45, 2.75) is 57.7 Å². The van der Waals surface area contributed by atoms with E-state index < -0.39 is 6.10 Å². The maximum atomic E-state index is 10.1. The third-order valence-corrected chi connectivity index (χ3v) is 5.21. The van der Waals surface area contributed by atoms with Crippen molar-refractivity contribution in [3.8, 4) is 0 Å². The maximum absolute atomic E-state index is 10.1. The lowest BCUT2D eigenvalue weighted by molar-refractivity contribution is 0.0945. The van der Waals surface area contributed by atoms with Crippen molar-refractivity contribution in [3.63, 3.8) is 0 Å². The molecule has 0 heterocycles. The van der Waals surface area contributed by atoms with Gasteiger partial charge in [0.25, 0.3) is 0 Å². The van der Waals surface area contributed by atoms with Gasteiger partial charge >= 0.3 is 0 Å². The van der Waals surface area contributed by atoms with Gasteiger partial charge in [-0.2, -0.15) is 0 Å². The van der Waals surface area contributed by atoms with Crippen LogP contribution in [0, 0.1) is 5.92 Å². The van der Waals surface area contributed by atoms with E-state index in [0.717, 1.165) is 24.8 Å². The predicted octanol–water partition coefficient (Wildman–Crippen LogP) is 4.60. The van der Waals surface area contributed by atoms with Gasteiger partial charge in [-0.25, -0.2) is 0 Å². The van der Waals surface area contributed by atoms with E-state index in [-0.39, 0.29) is 6.10 Å². The first kappa shape index (κ1) is 17.2. The molecule has 2 N–H and O–H groups in total. The lowest BCUT2D eigenvalue weighted by Crippen LogP contribution is -2.23. The Balaban J connectivity index is 1.73. The van der Waals surface area contributed by atoms with Gasteiger partial charge in [-0.15, -0.1) is 0 Å². The Morgan fingerprint density at radius 1 is 1.00 bits per heavy atom. The quantitative estimate of drug-likeness (QED) is 0.863. The molecule has 1 aliphatic carbocycles. The van der Waals surface area contributed by atoms with E-state index in [2.05, 4.69) is 43.3 Å². The predicted molar refractivity (Wildman–Crippen MR) is 98.1 cm³/mol. The van der Waals surface area contributed by atoms with Crippen LogP contribution >= 0.6 is 0 Å². The topological polar surface area (TPSA) is 40.5 Å². The summed E-state index contributed by atoms with van der Waals surface area (Å²) in [6.45, 7) is 4.03. The molecule has 0 spiro atoms. The third-order valence-electron chi connectivity index (χ3n) is 5.21. The highest BCUT2D eigenvalue weighted by molar-refractivity contribution is 5.33. The van der Waals surface area contributed by atoms with Gasteiger partial charge in [0, 0.05) is 0 Å². The van der Waals surface area contributed by atoms with Crippen molar-refractivity contribution in [1.29, 1.82) is 0 Å². The average molecular weight is 324 g/mol. The number of benzene rings is 2. The molecular formula is C22H28O2. The maximum Gasteiger partial charge on any atom is 0.0761 e. The zero-order chi connectivity index (χ0) is 17.1. The summed E-state index contributed by atoms with van der Waals surface area (Å²) in [5, 5.41) is 19.7. The Labute approximate surface area is 145 Å². The smallest absolute Gasteiger partial charge is 0.0761 e. The van der Waals surface area contributed by atoms with Crippen LogP contribution in [0.3, 0.4) is 0 Å². The van der Waals surface area contributed by atoms with Crippen molar-refractivity contribution in [1.82, 2.24) is 0 Å². The van der Waals surface area contributed by atoms with Gasteiger partial charge in [0.1, 0.15) is 0 Å². The summed E-state index contributed by atoms with van der Waals surface area (Å²) in [6, 6.07) is 17.0. The van der Waals surface area contributed by atoms with E-state index in [1.807, 2.05) is 12.1 Å². The zero-order valence-corrected chi connectivity index (χ0v) is 14.7. The van der Waals surface area contributed by atoms with Crippen LogP contribution in [-0.4, -0.2) is 16.3 Å². The van der Waals surface area contributed by atoms with Crippen LogP contribution in [0.5, 0.6) is 0 Å². The highest BCUT2D eigenvalue weighted by atomic mass is 16.3. The molecule has 0 aliphatic heterocycles. The summed E-state index contributed by atoms with van der Waals surface area (Å²) in [5.41, 5.74) is 4.88. The Kier molecular flexibility index (Phi) is 5.37. The lowest BCUT2D eigenvalue weighted by atomic mass is 9.77. The average Bonchev–Trinajstić information content (AvgIpc) is 2.55. The molecule has 2 aromatic carbocycles. The number of hydrogen-bond acceptors (Lipinski definition) is 2. The minimum absolute atomic E-state index is 0.157. The number of aliphatic hydroxyl groups is 2. The third kappa shape index (κ3) is 4.25. The van der Waals surface area contributed by atoms with Crippen molar-refractivity contribution in [2.24, 2.45) is 5.92 Å². The SMILES string of the molecule is CC(O)c1ccc(Cc2cccc([C@@H]3C[C@H](C)C[C@H](O)C3)c2)cc1. The Bertz CT molecular complexity index is 650. The van der Waals surface area contributed by atoms with E-state index in [1.165, 1.54) is 23.1 Å². The van der Waals surface area contributed by atoms with Gasteiger partial charge in [0.05, 0.1) is 12.2 Å². The first-order chi connectivity index (χ1) is 11.5. The molecule has 2 heteroatoms. The van der Waals surface area contributed by atoms with Gasteiger partial charge in [0.2, 0.25) is 0 Å². The summed E-state index contributed by atoms with van der Waals surface area (Å²) < 4.78 is 0. The molecule has 1 unspecified atom stereocenters. The normalized spacial score (nSPS) is 25.4. The van der Waals surface area contributed by atoms with Crippen molar-refractivity contribution >= 4 is 0 Å². The van der Waals surface area contributed by atoms with Crippen LogP contribution in [0.2, 0.25) is 0 Å². The molecule has 1 fully saturated rings. The van der Waals surface area contributed by atoms with E-state index >= 15 is 0 Å². The highest BCUT2D eigenvalue weighted by Crippen LogP contribution is 2.36. The summed E-state index contributed by atoms with van der Waals surface area (Å²) in [4.78, 5) is 0. The number of hydrogen-bond donors (Lipinski definition) is 2. The Morgan fingerprint density at radius 2 is 1.75 bits per heavy atom. The standard InChI is InChI=1S/C22H28O2/c1-15-10-21(14-22(24)11-15)20-5-3-4-18(13-20)12-17-6-8-19(9-7-17)16(2)23/h3-9,13,15-16,21-24H,10-12,14H2,1-2H3/t15-,16?,21+,22-/m0/s1. The molecule has 2 nitrogen and oxygen atoms in total. The highest BCUT2D eigenvalue weighted by Gasteiger charge is 2.26. The summed E-state index contributed by atoms with van der Waals surface area (Å²) in [5.74, 6) is 1.07. The molecule has 1 saturated carbocycles. The molecule has 2 aromatic rings. The fourth-order valence-corrected chi connectivity index (χ4v) is 3.95. The van der Waals surface area contributed by atoms with Crippen LogP contribution in [-0.2, 0) is 6.42 Å². The van der Waals surface area contributed by atoms with Gasteiger partial charge in [0.15, 0.2) is 0 Å². The van der Waals surface area contributed by atoms with E-state index in [9.17, 15) is 10.2 Å². The molecule has 0 radical (unpaired) electrons. The van der Waals surface area contributed by atoms with E-state index in [0.29, 0.717) is 11.8 Å². The van der Waals surface area contributed by atoms with Gasteiger partial charge in [-0.1, -0.05) is 55.5 Å². The molecule has 0 bridgehead atoms. The Hall–Kier alpha value is -1.64. The monoisotopic (exact) mass is 324 g/mol. The fraction of sp³-hybridized carbons (Fsp3) is 0.455. The molecule has 4 atom stereocenters. The van der Waals surface area contributed by atoms with Crippen LogP contribution in [0.4, 0.5) is 0 Å². The second-order valence-corrected chi connectivity index (χ2v) is 7.50. The first-order valence-corrected chi connectivity index (χ1v) is 9.05. The molecule has 24 heavy (non-hydrogen) atoms. The second-order valence-electron chi connectivity index (χ2n) is 7.50. The summed E-state index contributed by atoms with van der Waals surface area (Å²) in [6.07, 6.45) is 3.32. The van der Waals surface area contributed by atoms with E-state index in [1.54, 1.807) is 6.92 Å². The Morgan fingerprint density at radius 3 is 2.42 bits per heavy atom. The van der Waals surface area contributed by atoms with E-state index in [4.69, 9.17) is 0 Å². The summed E-state index contributed by atoms with van der Waals surface area (Å²) in [7, 11) is 0. The first-order valence-electron chi connectivity index (χ1n) is 9.05.